The molecular formula is C18H14N6O. The molecule has 7 nitrogen and oxygen atoms in total. The molecule has 1 N–H and O–H groups in total. The largest absolute Gasteiger partial charge is 0.321 e. The number of nitrogens with zero attached hydrogens (tertiary/aromatic N) is 5. The van der Waals surface area contributed by atoms with E-state index in [1.807, 2.05) is 47.9 Å². The summed E-state index contributed by atoms with van der Waals surface area (Å²) in [5, 5.41) is 2.83. The Kier molecular flexibility index (Phi) is 3.66. The maximum absolute atomic E-state index is 12.2. The summed E-state index contributed by atoms with van der Waals surface area (Å²) in [5.74, 6) is 0.336. The van der Waals surface area contributed by atoms with E-state index in [-0.39, 0.29) is 11.6 Å². The highest BCUT2D eigenvalue weighted by molar-refractivity contribution is 6.02. The second-order valence-corrected chi connectivity index (χ2v) is 5.46. The van der Waals surface area contributed by atoms with Crippen molar-refractivity contribution in [2.24, 2.45) is 0 Å². The Bertz CT molecular complexity index is 1060. The molecule has 0 aliphatic rings. The summed E-state index contributed by atoms with van der Waals surface area (Å²) in [7, 11) is 0. The first kappa shape index (κ1) is 14.9. The monoisotopic (exact) mass is 330 g/mol. The molecule has 3 aromatic heterocycles. The maximum Gasteiger partial charge on any atom is 0.275 e. The molecule has 1 aromatic carbocycles. The lowest BCUT2D eigenvalue weighted by molar-refractivity contribution is 0.102. The predicted molar refractivity (Wildman–Crippen MR) is 93.1 cm³/mol. The third kappa shape index (κ3) is 2.83. The molecule has 7 heteroatoms. The number of nitrogens with one attached hydrogen (secondary N) is 1. The van der Waals surface area contributed by atoms with Crippen LogP contribution in [-0.4, -0.2) is 30.2 Å². The lowest BCUT2D eigenvalue weighted by atomic mass is 10.1. The van der Waals surface area contributed by atoms with Crippen LogP contribution in [-0.2, 0) is 0 Å². The first-order valence-corrected chi connectivity index (χ1v) is 7.70. The quantitative estimate of drug-likeness (QED) is 0.624. The van der Waals surface area contributed by atoms with Gasteiger partial charge in [-0.05, 0) is 25.1 Å². The van der Waals surface area contributed by atoms with Gasteiger partial charge in [0, 0.05) is 41.7 Å². The fourth-order valence-corrected chi connectivity index (χ4v) is 2.63. The van der Waals surface area contributed by atoms with E-state index in [2.05, 4.69) is 25.3 Å². The lowest BCUT2D eigenvalue weighted by Gasteiger charge is -2.06. The molecule has 25 heavy (non-hydrogen) atoms. The fraction of sp³-hybridized carbons (Fsp3) is 0.0556. The maximum atomic E-state index is 12.2. The van der Waals surface area contributed by atoms with Crippen molar-refractivity contribution in [3.8, 4) is 11.3 Å². The Balaban J connectivity index is 1.67. The Hall–Kier alpha value is -3.61. The van der Waals surface area contributed by atoms with Gasteiger partial charge < -0.3 is 5.32 Å². The minimum Gasteiger partial charge on any atom is -0.321 e. The van der Waals surface area contributed by atoms with E-state index in [4.69, 9.17) is 0 Å². The van der Waals surface area contributed by atoms with Gasteiger partial charge in [-0.25, -0.2) is 15.0 Å². The number of benzene rings is 1. The number of aromatic nitrogens is 5. The zero-order valence-electron chi connectivity index (χ0n) is 13.4. The molecule has 122 valence electrons. The van der Waals surface area contributed by atoms with Gasteiger partial charge in [-0.2, -0.15) is 0 Å². The fourth-order valence-electron chi connectivity index (χ4n) is 2.63. The van der Waals surface area contributed by atoms with Crippen molar-refractivity contribution in [2.45, 2.75) is 6.92 Å². The average molecular weight is 330 g/mol. The van der Waals surface area contributed by atoms with Crippen molar-refractivity contribution in [1.82, 2.24) is 24.3 Å². The number of hydrogen-bond acceptors (Lipinski definition) is 5. The van der Waals surface area contributed by atoms with Crippen LogP contribution in [0.5, 0.6) is 0 Å². The molecule has 0 saturated carbocycles. The molecular weight excluding hydrogens is 316 g/mol. The number of fused-ring (bicyclic) bond motifs is 1. The van der Waals surface area contributed by atoms with Gasteiger partial charge in [-0.1, -0.05) is 12.1 Å². The number of rotatable bonds is 3. The zero-order valence-corrected chi connectivity index (χ0v) is 13.4. The summed E-state index contributed by atoms with van der Waals surface area (Å²) in [5.41, 5.74) is 3.65. The van der Waals surface area contributed by atoms with Gasteiger partial charge in [0.25, 0.3) is 5.91 Å². The van der Waals surface area contributed by atoms with Crippen molar-refractivity contribution < 1.29 is 4.79 Å². The van der Waals surface area contributed by atoms with Crippen LogP contribution in [0, 0.1) is 6.92 Å². The predicted octanol–water partition coefficient (Wildman–Crippen LogP) is 2.75. The van der Waals surface area contributed by atoms with Crippen LogP contribution in [0.3, 0.4) is 0 Å². The van der Waals surface area contributed by atoms with Crippen molar-refractivity contribution >= 4 is 17.4 Å². The molecule has 0 unspecified atom stereocenters. The number of carbonyl (C=O) groups is 1. The SMILES string of the molecule is Cc1c(-c2cccc(NC(=O)c3cnccn3)c2)nc2ncccn12. The molecule has 0 bridgehead atoms. The third-order valence-corrected chi connectivity index (χ3v) is 3.83. The lowest BCUT2D eigenvalue weighted by Crippen LogP contribution is -2.13. The normalized spacial score (nSPS) is 10.8. The van der Waals surface area contributed by atoms with E-state index in [1.54, 1.807) is 6.20 Å². The molecule has 4 aromatic rings. The highest BCUT2D eigenvalue weighted by Gasteiger charge is 2.12. The highest BCUT2D eigenvalue weighted by atomic mass is 16.1. The van der Waals surface area contributed by atoms with E-state index >= 15 is 0 Å². The molecule has 3 heterocycles. The van der Waals surface area contributed by atoms with Gasteiger partial charge >= 0.3 is 0 Å². The Morgan fingerprint density at radius 2 is 2.04 bits per heavy atom. The Morgan fingerprint density at radius 3 is 2.84 bits per heavy atom. The van der Waals surface area contributed by atoms with E-state index in [1.165, 1.54) is 18.6 Å². The molecule has 0 saturated heterocycles. The smallest absolute Gasteiger partial charge is 0.275 e. The van der Waals surface area contributed by atoms with Crippen molar-refractivity contribution in [3.05, 3.63) is 72.7 Å². The number of imidazole rings is 1. The molecule has 0 radical (unpaired) electrons. The van der Waals surface area contributed by atoms with Crippen LogP contribution < -0.4 is 5.32 Å². The summed E-state index contributed by atoms with van der Waals surface area (Å²) in [4.78, 5) is 29.0. The first-order chi connectivity index (χ1) is 12.2. The molecule has 0 aliphatic carbocycles. The van der Waals surface area contributed by atoms with Crippen LogP contribution in [0.4, 0.5) is 5.69 Å². The third-order valence-electron chi connectivity index (χ3n) is 3.83. The second kappa shape index (κ2) is 6.12. The van der Waals surface area contributed by atoms with E-state index < -0.39 is 0 Å². The first-order valence-electron chi connectivity index (χ1n) is 7.70. The van der Waals surface area contributed by atoms with Crippen LogP contribution in [0.1, 0.15) is 16.2 Å². The zero-order chi connectivity index (χ0) is 17.2. The van der Waals surface area contributed by atoms with Gasteiger partial charge in [0.05, 0.1) is 11.9 Å². The summed E-state index contributed by atoms with van der Waals surface area (Å²) in [6.45, 7) is 1.99. The van der Waals surface area contributed by atoms with Gasteiger partial charge in [-0.3, -0.25) is 14.2 Å². The second-order valence-electron chi connectivity index (χ2n) is 5.46. The van der Waals surface area contributed by atoms with E-state index in [0.29, 0.717) is 11.5 Å². The number of hydrogen-bond donors (Lipinski definition) is 1. The van der Waals surface area contributed by atoms with Crippen molar-refractivity contribution in [2.75, 3.05) is 5.32 Å². The van der Waals surface area contributed by atoms with Crippen molar-refractivity contribution in [3.63, 3.8) is 0 Å². The Morgan fingerprint density at radius 1 is 1.12 bits per heavy atom. The van der Waals surface area contributed by atoms with Gasteiger partial charge in [-0.15, -0.1) is 0 Å². The molecule has 1 amide bonds. The van der Waals surface area contributed by atoms with E-state index in [0.717, 1.165) is 17.0 Å². The molecule has 0 fully saturated rings. The number of carbonyl (C=O) groups excluding carboxylic acids is 1. The standard InChI is InChI=1S/C18H14N6O/c1-12-16(23-18-21-6-3-9-24(12)18)13-4-2-5-14(10-13)22-17(25)15-11-19-7-8-20-15/h2-11H,1H3,(H,22,25). The molecule has 0 atom stereocenters. The molecule has 4 rings (SSSR count). The summed E-state index contributed by atoms with van der Waals surface area (Å²) in [6, 6.07) is 9.39. The van der Waals surface area contributed by atoms with Gasteiger partial charge in [0.1, 0.15) is 5.69 Å². The average Bonchev–Trinajstić information content (AvgIpc) is 3.00. The van der Waals surface area contributed by atoms with Crippen LogP contribution >= 0.6 is 0 Å². The number of aryl methyl sites for hydroxylation is 1. The summed E-state index contributed by atoms with van der Waals surface area (Å²) >= 11 is 0. The van der Waals surface area contributed by atoms with Gasteiger partial charge in [0.2, 0.25) is 5.78 Å². The highest BCUT2D eigenvalue weighted by Crippen LogP contribution is 2.25. The Labute approximate surface area is 143 Å². The van der Waals surface area contributed by atoms with Crippen LogP contribution in [0.15, 0.2) is 61.3 Å². The number of anilines is 1. The number of amides is 1. The summed E-state index contributed by atoms with van der Waals surface area (Å²) < 4.78 is 1.93. The van der Waals surface area contributed by atoms with Crippen LogP contribution in [0.2, 0.25) is 0 Å². The minimum absolute atomic E-state index is 0.265. The minimum atomic E-state index is -0.307. The van der Waals surface area contributed by atoms with Crippen molar-refractivity contribution in [1.29, 1.82) is 0 Å². The summed E-state index contributed by atoms with van der Waals surface area (Å²) in [6.07, 6.45) is 8.07. The molecule has 0 aliphatic heterocycles. The molecule has 0 spiro atoms. The van der Waals surface area contributed by atoms with Gasteiger partial charge in [0.15, 0.2) is 0 Å². The van der Waals surface area contributed by atoms with E-state index in [9.17, 15) is 4.79 Å². The topological polar surface area (TPSA) is 85.1 Å². The van der Waals surface area contributed by atoms with Crippen LogP contribution in [0.25, 0.3) is 17.0 Å².